The molecular weight excluding hydrogens is 384 g/mol. The Balaban J connectivity index is 1.67. The number of terminal acetylenes is 1. The minimum absolute atomic E-state index is 0.0523. The van der Waals surface area contributed by atoms with Gasteiger partial charge in [0.25, 0.3) is 21.8 Å². The maximum Gasteiger partial charge on any atom is 0.269 e. The van der Waals surface area contributed by atoms with Crippen LogP contribution in [0.25, 0.3) is 0 Å². The number of carbonyl (C=O) groups is 2. The lowest BCUT2D eigenvalue weighted by atomic mass is 10.0. The van der Waals surface area contributed by atoms with Gasteiger partial charge < -0.3 is 10.1 Å². The fourth-order valence-corrected chi connectivity index (χ4v) is 4.54. The topological polar surface area (TPSA) is 118 Å². The number of methoxy groups -OCH3 is 1. The number of sulfonamides is 1. The molecule has 9 nitrogen and oxygen atoms in total. The number of ether oxygens (including phenoxy) is 1. The number of carbonyl (C=O) groups excluding carboxylic acids is 2. The van der Waals surface area contributed by atoms with Gasteiger partial charge in [0.1, 0.15) is 4.90 Å². The number of rotatable bonds is 9. The molecule has 0 radical (unpaired) electrons. The first-order valence-corrected chi connectivity index (χ1v) is 10.1. The fraction of sp³-hybridized carbons (Fsp3) is 0.444. The van der Waals surface area contributed by atoms with Crippen LogP contribution in [0.3, 0.4) is 0 Å². The summed E-state index contributed by atoms with van der Waals surface area (Å²) in [5, 5.41) is 10.7. The predicted molar refractivity (Wildman–Crippen MR) is 99.1 cm³/mol. The van der Waals surface area contributed by atoms with Crippen LogP contribution >= 0.6 is 0 Å². The minimum Gasteiger partial charge on any atom is -0.383 e. The van der Waals surface area contributed by atoms with Crippen molar-refractivity contribution < 1.29 is 22.7 Å². The van der Waals surface area contributed by atoms with Crippen molar-refractivity contribution >= 4 is 21.8 Å². The quantitative estimate of drug-likeness (QED) is 0.620. The lowest BCUT2D eigenvalue weighted by Crippen LogP contribution is -2.33. The van der Waals surface area contributed by atoms with Gasteiger partial charge in [-0.2, -0.15) is 10.2 Å². The molecule has 2 heterocycles. The third-order valence-electron chi connectivity index (χ3n) is 4.63. The van der Waals surface area contributed by atoms with Crippen molar-refractivity contribution in [2.45, 2.75) is 29.8 Å². The zero-order valence-corrected chi connectivity index (χ0v) is 16.2. The van der Waals surface area contributed by atoms with Crippen molar-refractivity contribution in [3.8, 4) is 12.3 Å². The van der Waals surface area contributed by atoms with Crippen LogP contribution in [-0.4, -0.2) is 57.0 Å². The van der Waals surface area contributed by atoms with Crippen LogP contribution in [0.5, 0.6) is 0 Å². The van der Waals surface area contributed by atoms with Gasteiger partial charge in [-0.25, -0.2) is 12.7 Å². The first-order chi connectivity index (χ1) is 13.3. The van der Waals surface area contributed by atoms with Crippen molar-refractivity contribution in [2.24, 2.45) is 10.2 Å². The summed E-state index contributed by atoms with van der Waals surface area (Å²) in [5.74, 6) is 1.48. The number of nitrogens with one attached hydrogen (secondary N) is 1. The van der Waals surface area contributed by atoms with Crippen LogP contribution in [0.15, 0.2) is 33.3 Å². The second-order valence-electron chi connectivity index (χ2n) is 6.48. The highest BCUT2D eigenvalue weighted by Gasteiger charge is 2.41. The molecule has 2 amide bonds. The SMILES string of the molecule is C#CCCC1(CCNC(=O)c2ccc3c(c2)S(=O)(=O)N(CCOC)C3=O)N=N1. The largest absolute Gasteiger partial charge is 0.383 e. The molecule has 0 fully saturated rings. The Kier molecular flexibility index (Phi) is 5.49. The van der Waals surface area contributed by atoms with Crippen LogP contribution in [0.4, 0.5) is 0 Å². The van der Waals surface area contributed by atoms with E-state index in [2.05, 4.69) is 21.5 Å². The Morgan fingerprint density at radius 2 is 2.11 bits per heavy atom. The van der Waals surface area contributed by atoms with Crippen molar-refractivity contribution in [2.75, 3.05) is 26.8 Å². The summed E-state index contributed by atoms with van der Waals surface area (Å²) < 4.78 is 30.8. The van der Waals surface area contributed by atoms with Gasteiger partial charge in [0.05, 0.1) is 18.7 Å². The lowest BCUT2D eigenvalue weighted by molar-refractivity contribution is 0.0835. The molecule has 0 atom stereocenters. The van der Waals surface area contributed by atoms with Gasteiger partial charge in [0, 0.05) is 38.5 Å². The summed E-state index contributed by atoms with van der Waals surface area (Å²) >= 11 is 0. The normalized spacial score (nSPS) is 17.9. The Morgan fingerprint density at radius 3 is 2.75 bits per heavy atom. The van der Waals surface area contributed by atoms with Crippen LogP contribution < -0.4 is 5.32 Å². The average Bonchev–Trinajstić information content (AvgIpc) is 3.42. The zero-order valence-electron chi connectivity index (χ0n) is 15.3. The molecule has 2 aliphatic rings. The van der Waals surface area contributed by atoms with Gasteiger partial charge in [0.15, 0.2) is 5.66 Å². The van der Waals surface area contributed by atoms with Gasteiger partial charge in [0.2, 0.25) is 0 Å². The summed E-state index contributed by atoms with van der Waals surface area (Å²) in [6.07, 6.45) is 6.95. The second-order valence-corrected chi connectivity index (χ2v) is 8.31. The first-order valence-electron chi connectivity index (χ1n) is 8.70. The summed E-state index contributed by atoms with van der Waals surface area (Å²) in [6, 6.07) is 4.02. The third kappa shape index (κ3) is 3.76. The van der Waals surface area contributed by atoms with Crippen molar-refractivity contribution in [3.63, 3.8) is 0 Å². The molecule has 1 N–H and O–H groups in total. The highest BCUT2D eigenvalue weighted by molar-refractivity contribution is 7.90. The van der Waals surface area contributed by atoms with E-state index in [9.17, 15) is 18.0 Å². The second kappa shape index (κ2) is 7.69. The van der Waals surface area contributed by atoms with E-state index < -0.39 is 27.5 Å². The number of hydrogen-bond acceptors (Lipinski definition) is 7. The van der Waals surface area contributed by atoms with E-state index in [0.29, 0.717) is 25.8 Å². The molecule has 0 bridgehead atoms. The standard InChI is InChI=1S/C18H20N4O5S/c1-3-4-7-18(20-21-18)8-9-19-16(23)13-5-6-14-15(12-13)28(25,26)22(17(14)24)10-11-27-2/h1,5-6,12H,4,7-11H2,2H3,(H,19,23). The summed E-state index contributed by atoms with van der Waals surface area (Å²) in [7, 11) is -2.57. The summed E-state index contributed by atoms with van der Waals surface area (Å²) in [5.41, 5.74) is -0.294. The van der Waals surface area contributed by atoms with Gasteiger partial charge in [-0.3, -0.25) is 9.59 Å². The highest BCUT2D eigenvalue weighted by atomic mass is 32.2. The minimum atomic E-state index is -3.99. The van der Waals surface area contributed by atoms with Crippen molar-refractivity contribution in [3.05, 3.63) is 29.3 Å². The molecule has 0 unspecified atom stereocenters. The molecule has 28 heavy (non-hydrogen) atoms. The Labute approximate surface area is 163 Å². The van der Waals surface area contributed by atoms with Crippen LogP contribution in [0.2, 0.25) is 0 Å². The number of hydrogen-bond donors (Lipinski definition) is 1. The van der Waals surface area contributed by atoms with Crippen molar-refractivity contribution in [1.82, 2.24) is 9.62 Å². The van der Waals surface area contributed by atoms with Crippen LogP contribution in [-0.2, 0) is 14.8 Å². The zero-order chi connectivity index (χ0) is 20.4. The van der Waals surface area contributed by atoms with E-state index >= 15 is 0 Å². The maximum atomic E-state index is 12.6. The highest BCUT2D eigenvalue weighted by Crippen LogP contribution is 2.36. The van der Waals surface area contributed by atoms with Gasteiger partial charge >= 0.3 is 0 Å². The van der Waals surface area contributed by atoms with Crippen molar-refractivity contribution in [1.29, 1.82) is 0 Å². The van der Waals surface area contributed by atoms with E-state index in [-0.39, 0.29) is 29.2 Å². The Morgan fingerprint density at radius 1 is 1.36 bits per heavy atom. The summed E-state index contributed by atoms with van der Waals surface area (Å²) in [6.45, 7) is 0.323. The molecular formula is C18H20N4O5S. The monoisotopic (exact) mass is 404 g/mol. The molecule has 2 aliphatic heterocycles. The Hall–Kier alpha value is -2.77. The number of nitrogens with zero attached hydrogens (tertiary/aromatic N) is 3. The average molecular weight is 404 g/mol. The number of fused-ring (bicyclic) bond motifs is 1. The smallest absolute Gasteiger partial charge is 0.269 e. The molecule has 0 aliphatic carbocycles. The fourth-order valence-electron chi connectivity index (χ4n) is 2.96. The molecule has 0 saturated heterocycles. The molecule has 1 aromatic carbocycles. The van der Waals surface area contributed by atoms with E-state index in [1.165, 1.54) is 25.3 Å². The van der Waals surface area contributed by atoms with Crippen LogP contribution in [0, 0.1) is 12.3 Å². The Bertz CT molecular complexity index is 974. The molecule has 3 rings (SSSR count). The van der Waals surface area contributed by atoms with Gasteiger partial charge in [-0.1, -0.05) is 0 Å². The molecule has 0 saturated carbocycles. The predicted octanol–water partition coefficient (Wildman–Crippen LogP) is 1.17. The lowest BCUT2D eigenvalue weighted by Gasteiger charge is -2.13. The molecule has 148 valence electrons. The van der Waals surface area contributed by atoms with E-state index in [1.807, 2.05) is 0 Å². The first kappa shape index (κ1) is 20.0. The number of amides is 2. The van der Waals surface area contributed by atoms with Gasteiger partial charge in [-0.15, -0.1) is 12.3 Å². The summed E-state index contributed by atoms with van der Waals surface area (Å²) in [4.78, 5) is 24.6. The molecule has 0 aromatic heterocycles. The number of benzene rings is 1. The maximum absolute atomic E-state index is 12.6. The van der Waals surface area contributed by atoms with Crippen LogP contribution in [0.1, 0.15) is 40.0 Å². The van der Waals surface area contributed by atoms with E-state index in [0.717, 1.165) is 4.31 Å². The van der Waals surface area contributed by atoms with Gasteiger partial charge in [-0.05, 0) is 18.2 Å². The molecule has 1 aromatic rings. The van der Waals surface area contributed by atoms with E-state index in [1.54, 1.807) is 0 Å². The molecule has 0 spiro atoms. The molecule has 10 heteroatoms. The van der Waals surface area contributed by atoms with E-state index in [4.69, 9.17) is 11.2 Å². The third-order valence-corrected chi connectivity index (χ3v) is 6.45.